The number of aliphatic imine (C=N–C) groups is 1. The molecule has 0 radical (unpaired) electrons. The molecule has 1 aromatic carbocycles. The van der Waals surface area contributed by atoms with Crippen molar-refractivity contribution < 1.29 is 0 Å². The van der Waals surface area contributed by atoms with Gasteiger partial charge in [0.2, 0.25) is 0 Å². The van der Waals surface area contributed by atoms with Gasteiger partial charge in [-0.1, -0.05) is 48.0 Å². The summed E-state index contributed by atoms with van der Waals surface area (Å²) >= 11 is 14.0. The van der Waals surface area contributed by atoms with Gasteiger partial charge in [-0.3, -0.25) is 4.99 Å². The highest BCUT2D eigenvalue weighted by molar-refractivity contribution is 8.13. The first-order valence-electron chi connectivity index (χ1n) is 6.87. The Morgan fingerprint density at radius 1 is 1.45 bits per heavy atom. The lowest BCUT2D eigenvalue weighted by molar-refractivity contribution is 0.389. The van der Waals surface area contributed by atoms with Crippen LogP contribution in [0, 0.1) is 0 Å². The highest BCUT2D eigenvalue weighted by atomic mass is 35.5. The lowest BCUT2D eigenvalue weighted by atomic mass is 9.96. The summed E-state index contributed by atoms with van der Waals surface area (Å²) in [5.74, 6) is 1.11. The summed E-state index contributed by atoms with van der Waals surface area (Å²) in [4.78, 5) is 4.78. The van der Waals surface area contributed by atoms with E-state index in [0.717, 1.165) is 22.9 Å². The molecule has 0 amide bonds. The molecule has 20 heavy (non-hydrogen) atoms. The van der Waals surface area contributed by atoms with Crippen molar-refractivity contribution in [1.82, 2.24) is 5.32 Å². The molecule has 0 saturated carbocycles. The second-order valence-corrected chi connectivity index (χ2v) is 7.34. The fourth-order valence-electron chi connectivity index (χ4n) is 2.15. The summed E-state index contributed by atoms with van der Waals surface area (Å²) < 4.78 is 0. The molecular weight excluding hydrogens is 311 g/mol. The molecule has 2 unspecified atom stereocenters. The van der Waals surface area contributed by atoms with Crippen molar-refractivity contribution in [3.63, 3.8) is 0 Å². The van der Waals surface area contributed by atoms with Crippen LogP contribution >= 0.6 is 35.0 Å². The molecule has 1 aliphatic rings. The minimum absolute atomic E-state index is 0.0222. The van der Waals surface area contributed by atoms with E-state index in [1.54, 1.807) is 17.8 Å². The van der Waals surface area contributed by atoms with Crippen LogP contribution in [0.2, 0.25) is 10.0 Å². The van der Waals surface area contributed by atoms with E-state index in [1.165, 1.54) is 6.42 Å². The molecule has 5 heteroatoms. The smallest absolute Gasteiger partial charge is 0.157 e. The average molecular weight is 331 g/mol. The Balaban J connectivity index is 2.17. The van der Waals surface area contributed by atoms with Crippen molar-refractivity contribution in [3.8, 4) is 0 Å². The van der Waals surface area contributed by atoms with Crippen molar-refractivity contribution in [2.24, 2.45) is 4.99 Å². The van der Waals surface area contributed by atoms with Crippen molar-refractivity contribution >= 4 is 40.1 Å². The number of rotatable bonds is 3. The number of hydrogen-bond acceptors (Lipinski definition) is 2. The molecule has 2 nitrogen and oxygen atoms in total. The topological polar surface area (TPSA) is 24.4 Å². The molecule has 0 aliphatic carbocycles. The molecule has 0 aromatic heterocycles. The molecule has 2 atom stereocenters. The summed E-state index contributed by atoms with van der Waals surface area (Å²) in [5.41, 5.74) is 1.17. The Morgan fingerprint density at radius 2 is 2.20 bits per heavy atom. The summed E-state index contributed by atoms with van der Waals surface area (Å²) in [7, 11) is 0. The van der Waals surface area contributed by atoms with Crippen LogP contribution < -0.4 is 5.32 Å². The summed E-state index contributed by atoms with van der Waals surface area (Å²) in [5, 5.41) is 5.90. The number of nitrogens with zero attached hydrogens (tertiary/aromatic N) is 1. The number of amidine groups is 1. The Kier molecular flexibility index (Phi) is 5.27. The van der Waals surface area contributed by atoms with E-state index in [1.807, 2.05) is 12.1 Å². The summed E-state index contributed by atoms with van der Waals surface area (Å²) in [6, 6.07) is 5.60. The first kappa shape index (κ1) is 16.0. The molecule has 2 rings (SSSR count). The first-order valence-corrected chi connectivity index (χ1v) is 8.61. The highest BCUT2D eigenvalue weighted by Gasteiger charge is 2.27. The zero-order valence-electron chi connectivity index (χ0n) is 12.0. The van der Waals surface area contributed by atoms with Gasteiger partial charge in [0, 0.05) is 21.3 Å². The molecule has 1 N–H and O–H groups in total. The van der Waals surface area contributed by atoms with Gasteiger partial charge in [-0.05, 0) is 44.4 Å². The second kappa shape index (κ2) is 6.59. The lowest BCUT2D eigenvalue weighted by Gasteiger charge is -2.35. The van der Waals surface area contributed by atoms with E-state index in [2.05, 4.69) is 26.1 Å². The molecule has 1 aromatic rings. The quantitative estimate of drug-likeness (QED) is 0.812. The molecular formula is C15H20Cl2N2S. The molecule has 0 bridgehead atoms. The van der Waals surface area contributed by atoms with Gasteiger partial charge in [0.15, 0.2) is 5.17 Å². The molecule has 1 fully saturated rings. The van der Waals surface area contributed by atoms with Gasteiger partial charge in [0.05, 0.1) is 6.04 Å². The third-order valence-electron chi connectivity index (χ3n) is 3.81. The number of benzene rings is 1. The predicted molar refractivity (Wildman–Crippen MR) is 91.2 cm³/mol. The van der Waals surface area contributed by atoms with Crippen LogP contribution in [0.4, 0.5) is 0 Å². The highest BCUT2D eigenvalue weighted by Crippen LogP contribution is 2.31. The molecule has 110 valence electrons. The maximum absolute atomic E-state index is 6.24. The Hall–Kier alpha value is -0.380. The van der Waals surface area contributed by atoms with Gasteiger partial charge >= 0.3 is 0 Å². The second-order valence-electron chi connectivity index (χ2n) is 5.41. The number of thioether (sulfide) groups is 1. The van der Waals surface area contributed by atoms with E-state index >= 15 is 0 Å². The fraction of sp³-hybridized carbons (Fsp3) is 0.533. The summed E-state index contributed by atoms with van der Waals surface area (Å²) in [6.45, 7) is 6.52. The van der Waals surface area contributed by atoms with Gasteiger partial charge in [0.1, 0.15) is 0 Å². The number of nitrogens with one attached hydrogen (secondary N) is 1. The van der Waals surface area contributed by atoms with Crippen LogP contribution in [0.5, 0.6) is 0 Å². The van der Waals surface area contributed by atoms with E-state index in [-0.39, 0.29) is 11.6 Å². The van der Waals surface area contributed by atoms with Crippen molar-refractivity contribution in [3.05, 3.63) is 33.8 Å². The van der Waals surface area contributed by atoms with Crippen LogP contribution in [-0.4, -0.2) is 16.5 Å². The van der Waals surface area contributed by atoms with Gasteiger partial charge < -0.3 is 5.32 Å². The number of hydrogen-bond donors (Lipinski definition) is 1. The molecule has 0 spiro atoms. The van der Waals surface area contributed by atoms with E-state index in [0.29, 0.717) is 10.0 Å². The van der Waals surface area contributed by atoms with Crippen LogP contribution in [0.25, 0.3) is 0 Å². The van der Waals surface area contributed by atoms with E-state index in [4.69, 9.17) is 28.2 Å². The van der Waals surface area contributed by atoms with Gasteiger partial charge in [-0.2, -0.15) is 0 Å². The fourth-order valence-corrected chi connectivity index (χ4v) is 4.01. The monoisotopic (exact) mass is 330 g/mol. The Bertz CT molecular complexity index is 519. The van der Waals surface area contributed by atoms with Gasteiger partial charge in [-0.25, -0.2) is 0 Å². The normalized spacial score (nSPS) is 26.4. The van der Waals surface area contributed by atoms with Gasteiger partial charge in [-0.15, -0.1) is 0 Å². The minimum atomic E-state index is 0.0222. The summed E-state index contributed by atoms with van der Waals surface area (Å²) in [6.07, 6.45) is 2.27. The van der Waals surface area contributed by atoms with Crippen molar-refractivity contribution in [2.75, 3.05) is 5.75 Å². The lowest BCUT2D eigenvalue weighted by Crippen LogP contribution is -2.48. The van der Waals surface area contributed by atoms with Crippen molar-refractivity contribution in [1.29, 1.82) is 0 Å². The van der Waals surface area contributed by atoms with Crippen LogP contribution in [0.1, 0.15) is 45.2 Å². The maximum atomic E-state index is 6.24. The predicted octanol–water partition coefficient (Wildman–Crippen LogP) is 5.31. The Morgan fingerprint density at radius 3 is 2.85 bits per heavy atom. The largest absolute Gasteiger partial charge is 0.360 e. The third kappa shape index (κ3) is 3.84. The SMILES string of the molecule is CCC1(C)CCSC(=NC(C)c2ccc(Cl)cc2Cl)N1. The molecule has 1 saturated heterocycles. The Labute approximate surface area is 135 Å². The van der Waals surface area contributed by atoms with Crippen molar-refractivity contribution in [2.45, 2.75) is 45.2 Å². The number of halogens is 2. The minimum Gasteiger partial charge on any atom is -0.360 e. The molecule has 1 heterocycles. The standard InChI is InChI=1S/C15H20Cl2N2S/c1-4-15(3)7-8-20-14(19-15)18-10(2)12-6-5-11(16)9-13(12)17/h5-6,9-10H,4,7-8H2,1-3H3,(H,18,19). The van der Waals surface area contributed by atoms with Crippen LogP contribution in [0.3, 0.4) is 0 Å². The average Bonchev–Trinajstić information content (AvgIpc) is 2.38. The molecule has 1 aliphatic heterocycles. The van der Waals surface area contributed by atoms with E-state index in [9.17, 15) is 0 Å². The first-order chi connectivity index (χ1) is 9.43. The van der Waals surface area contributed by atoms with Crippen LogP contribution in [0.15, 0.2) is 23.2 Å². The maximum Gasteiger partial charge on any atom is 0.157 e. The van der Waals surface area contributed by atoms with E-state index < -0.39 is 0 Å². The van der Waals surface area contributed by atoms with Gasteiger partial charge in [0.25, 0.3) is 0 Å². The third-order valence-corrected chi connectivity index (χ3v) is 5.26. The zero-order chi connectivity index (χ0) is 14.8. The zero-order valence-corrected chi connectivity index (χ0v) is 14.4. The van der Waals surface area contributed by atoms with Crippen LogP contribution in [-0.2, 0) is 0 Å².